The summed E-state index contributed by atoms with van der Waals surface area (Å²) in [5.41, 5.74) is 9.83. The number of rotatable bonds is 6. The van der Waals surface area contributed by atoms with E-state index in [0.717, 1.165) is 12.2 Å². The van der Waals surface area contributed by atoms with Gasteiger partial charge in [0.2, 0.25) is 0 Å². The second kappa shape index (κ2) is 7.11. The maximum Gasteiger partial charge on any atom is 0.119 e. The summed E-state index contributed by atoms with van der Waals surface area (Å²) in [6.45, 7) is 5.47. The molecule has 0 aliphatic carbocycles. The predicted octanol–water partition coefficient (Wildman–Crippen LogP) is 3.68. The molecule has 0 heterocycles. The highest BCUT2D eigenvalue weighted by molar-refractivity contribution is 5.31. The lowest BCUT2D eigenvalue weighted by Crippen LogP contribution is -2.15. The summed E-state index contributed by atoms with van der Waals surface area (Å²) in [6, 6.07) is 17.0. The largest absolute Gasteiger partial charge is 0.494 e. The third-order valence-electron chi connectivity index (χ3n) is 3.55. The Bertz CT molecular complexity index is 516. The van der Waals surface area contributed by atoms with Gasteiger partial charge < -0.3 is 10.5 Å². The molecule has 20 heavy (non-hydrogen) atoms. The average molecular weight is 269 g/mol. The van der Waals surface area contributed by atoms with Crippen molar-refractivity contribution in [3.8, 4) is 5.75 Å². The minimum atomic E-state index is 0.369. The summed E-state index contributed by atoms with van der Waals surface area (Å²) in [6.07, 6.45) is 0.964. The van der Waals surface area contributed by atoms with Gasteiger partial charge in [0.25, 0.3) is 0 Å². The smallest absolute Gasteiger partial charge is 0.119 e. The molecule has 106 valence electrons. The first-order chi connectivity index (χ1) is 9.72. The van der Waals surface area contributed by atoms with Crippen molar-refractivity contribution in [2.24, 2.45) is 5.73 Å². The molecule has 0 saturated heterocycles. The van der Waals surface area contributed by atoms with E-state index in [1.54, 1.807) is 0 Å². The fourth-order valence-corrected chi connectivity index (χ4v) is 2.35. The van der Waals surface area contributed by atoms with Crippen LogP contribution in [0.15, 0.2) is 48.5 Å². The lowest BCUT2D eigenvalue weighted by atomic mass is 9.91. The van der Waals surface area contributed by atoms with Crippen LogP contribution in [-0.4, -0.2) is 13.2 Å². The molecule has 0 amide bonds. The number of hydrogen-bond acceptors (Lipinski definition) is 2. The van der Waals surface area contributed by atoms with E-state index in [9.17, 15) is 0 Å². The Morgan fingerprint density at radius 2 is 1.65 bits per heavy atom. The minimum absolute atomic E-state index is 0.369. The van der Waals surface area contributed by atoms with Crippen molar-refractivity contribution >= 4 is 0 Å². The van der Waals surface area contributed by atoms with Crippen LogP contribution < -0.4 is 10.5 Å². The van der Waals surface area contributed by atoms with Crippen LogP contribution in [-0.2, 0) is 6.42 Å². The van der Waals surface area contributed by atoms with Crippen LogP contribution in [0.25, 0.3) is 0 Å². The molecule has 1 atom stereocenters. The molecule has 2 heteroatoms. The number of hydrogen-bond donors (Lipinski definition) is 1. The zero-order chi connectivity index (χ0) is 14.4. The molecule has 0 saturated carbocycles. The van der Waals surface area contributed by atoms with E-state index in [0.29, 0.717) is 19.1 Å². The van der Waals surface area contributed by atoms with Gasteiger partial charge in [-0.2, -0.15) is 0 Å². The van der Waals surface area contributed by atoms with Crippen LogP contribution in [0.5, 0.6) is 5.75 Å². The van der Waals surface area contributed by atoms with Crippen molar-refractivity contribution in [2.45, 2.75) is 26.2 Å². The van der Waals surface area contributed by atoms with E-state index in [2.05, 4.69) is 43.3 Å². The van der Waals surface area contributed by atoms with Crippen LogP contribution >= 0.6 is 0 Å². The molecule has 2 rings (SSSR count). The van der Waals surface area contributed by atoms with E-state index in [1.807, 2.05) is 19.1 Å². The lowest BCUT2D eigenvalue weighted by molar-refractivity contribution is 0.340. The van der Waals surface area contributed by atoms with E-state index in [1.165, 1.54) is 16.7 Å². The van der Waals surface area contributed by atoms with Crippen molar-refractivity contribution in [3.05, 3.63) is 65.2 Å². The van der Waals surface area contributed by atoms with Crippen molar-refractivity contribution in [1.29, 1.82) is 0 Å². The van der Waals surface area contributed by atoms with Crippen LogP contribution in [0, 0.1) is 6.92 Å². The summed E-state index contributed by atoms with van der Waals surface area (Å²) >= 11 is 0. The summed E-state index contributed by atoms with van der Waals surface area (Å²) in [7, 11) is 0. The van der Waals surface area contributed by atoms with E-state index < -0.39 is 0 Å². The Morgan fingerprint density at radius 1 is 1.00 bits per heavy atom. The van der Waals surface area contributed by atoms with Gasteiger partial charge in [0.05, 0.1) is 6.61 Å². The number of ether oxygens (including phenoxy) is 1. The summed E-state index contributed by atoms with van der Waals surface area (Å²) < 4.78 is 5.47. The normalized spacial score (nSPS) is 12.2. The van der Waals surface area contributed by atoms with Crippen molar-refractivity contribution in [1.82, 2.24) is 0 Å². The Hall–Kier alpha value is -1.80. The third-order valence-corrected chi connectivity index (χ3v) is 3.55. The summed E-state index contributed by atoms with van der Waals surface area (Å²) in [5.74, 6) is 1.30. The molecule has 0 bridgehead atoms. The zero-order valence-corrected chi connectivity index (χ0v) is 12.3. The molecule has 0 radical (unpaired) electrons. The van der Waals surface area contributed by atoms with Gasteiger partial charge in [0.1, 0.15) is 5.75 Å². The first kappa shape index (κ1) is 14.6. The van der Waals surface area contributed by atoms with Gasteiger partial charge >= 0.3 is 0 Å². The third kappa shape index (κ3) is 3.84. The van der Waals surface area contributed by atoms with Gasteiger partial charge in [0.15, 0.2) is 0 Å². The Balaban J connectivity index is 2.07. The molecule has 2 aromatic rings. The molecule has 2 aromatic carbocycles. The molecule has 0 fully saturated rings. The van der Waals surface area contributed by atoms with Crippen LogP contribution in [0.2, 0.25) is 0 Å². The van der Waals surface area contributed by atoms with E-state index in [-0.39, 0.29) is 0 Å². The summed E-state index contributed by atoms with van der Waals surface area (Å²) in [4.78, 5) is 0. The maximum absolute atomic E-state index is 5.94. The van der Waals surface area contributed by atoms with Crippen molar-refractivity contribution in [3.63, 3.8) is 0 Å². The first-order valence-corrected chi connectivity index (χ1v) is 7.21. The molecule has 0 aliphatic heterocycles. The van der Waals surface area contributed by atoms with Gasteiger partial charge in [-0.05, 0) is 50.1 Å². The topological polar surface area (TPSA) is 35.2 Å². The van der Waals surface area contributed by atoms with E-state index in [4.69, 9.17) is 10.5 Å². The van der Waals surface area contributed by atoms with E-state index >= 15 is 0 Å². The molecular formula is C18H23NO. The highest BCUT2D eigenvalue weighted by Gasteiger charge is 2.10. The quantitative estimate of drug-likeness (QED) is 0.868. The molecule has 1 unspecified atom stereocenters. The standard InChI is InChI=1S/C18H23NO/c1-3-20-18-10-6-15(7-11-18)12-17(13-19)16-8-4-14(2)5-9-16/h4-11,17H,3,12-13,19H2,1-2H3. The fraction of sp³-hybridized carbons (Fsp3) is 0.333. The average Bonchev–Trinajstić information content (AvgIpc) is 2.48. The minimum Gasteiger partial charge on any atom is -0.494 e. The second-order valence-corrected chi connectivity index (χ2v) is 5.12. The van der Waals surface area contributed by atoms with Gasteiger partial charge in [-0.15, -0.1) is 0 Å². The van der Waals surface area contributed by atoms with Crippen molar-refractivity contribution < 1.29 is 4.74 Å². The van der Waals surface area contributed by atoms with Crippen molar-refractivity contribution in [2.75, 3.05) is 13.2 Å². The van der Waals surface area contributed by atoms with Gasteiger partial charge in [0, 0.05) is 5.92 Å². The lowest BCUT2D eigenvalue weighted by Gasteiger charge is -2.16. The van der Waals surface area contributed by atoms with Crippen LogP contribution in [0.1, 0.15) is 29.5 Å². The van der Waals surface area contributed by atoms with Gasteiger partial charge in [-0.3, -0.25) is 0 Å². The summed E-state index contributed by atoms with van der Waals surface area (Å²) in [5, 5.41) is 0. The van der Waals surface area contributed by atoms with Crippen LogP contribution in [0.4, 0.5) is 0 Å². The number of benzene rings is 2. The number of nitrogens with two attached hydrogens (primary N) is 1. The van der Waals surface area contributed by atoms with Crippen LogP contribution in [0.3, 0.4) is 0 Å². The zero-order valence-electron chi connectivity index (χ0n) is 12.3. The van der Waals surface area contributed by atoms with Gasteiger partial charge in [-0.25, -0.2) is 0 Å². The second-order valence-electron chi connectivity index (χ2n) is 5.12. The highest BCUT2D eigenvalue weighted by Crippen LogP contribution is 2.22. The molecule has 0 aromatic heterocycles. The molecule has 2 nitrogen and oxygen atoms in total. The molecule has 2 N–H and O–H groups in total. The Labute approximate surface area is 121 Å². The molecule has 0 spiro atoms. The molecular weight excluding hydrogens is 246 g/mol. The maximum atomic E-state index is 5.94. The SMILES string of the molecule is CCOc1ccc(CC(CN)c2ccc(C)cc2)cc1. The monoisotopic (exact) mass is 269 g/mol. The Morgan fingerprint density at radius 3 is 2.20 bits per heavy atom. The number of aryl methyl sites for hydroxylation is 1. The van der Waals surface area contributed by atoms with Gasteiger partial charge in [-0.1, -0.05) is 42.0 Å². The fourth-order valence-electron chi connectivity index (χ4n) is 2.35. The molecule has 0 aliphatic rings. The highest BCUT2D eigenvalue weighted by atomic mass is 16.5. The first-order valence-electron chi connectivity index (χ1n) is 7.21. The predicted molar refractivity (Wildman–Crippen MR) is 84.3 cm³/mol. The Kier molecular flexibility index (Phi) is 5.19.